The smallest absolute Gasteiger partial charge is 0.133 e. The largest absolute Gasteiger partial charge is 0.302 e. The molecule has 1 aromatic rings. The van der Waals surface area contributed by atoms with Gasteiger partial charge in [-0.2, -0.15) is 0 Å². The van der Waals surface area contributed by atoms with Crippen LogP contribution in [0.2, 0.25) is 0 Å². The van der Waals surface area contributed by atoms with Crippen LogP contribution in [0.5, 0.6) is 0 Å². The lowest BCUT2D eigenvalue weighted by molar-refractivity contribution is 0.203. The number of likely N-dealkylation sites (tertiary alicyclic amines) is 1. The highest BCUT2D eigenvalue weighted by Gasteiger charge is 2.29. The summed E-state index contributed by atoms with van der Waals surface area (Å²) in [4.78, 5) is 11.9. The molecule has 2 heterocycles. The lowest BCUT2D eigenvalue weighted by atomic mass is 9.85. The summed E-state index contributed by atoms with van der Waals surface area (Å²) in [5, 5.41) is 0. The fraction of sp³-hybridized carbons (Fsp3) is 0.733. The van der Waals surface area contributed by atoms with E-state index in [1.165, 1.54) is 45.3 Å². The normalized spacial score (nSPS) is 25.3. The first-order chi connectivity index (χ1) is 8.70. The van der Waals surface area contributed by atoms with Crippen LogP contribution in [0.15, 0.2) is 6.07 Å². The van der Waals surface area contributed by atoms with Crippen LogP contribution >= 0.6 is 0 Å². The zero-order valence-corrected chi connectivity index (χ0v) is 11.5. The Bertz CT molecular complexity index is 405. The maximum Gasteiger partial charge on any atom is 0.133 e. The Labute approximate surface area is 110 Å². The molecule has 1 saturated carbocycles. The highest BCUT2D eigenvalue weighted by Crippen LogP contribution is 2.31. The maximum absolute atomic E-state index is 4.63. The molecule has 0 aromatic carbocycles. The van der Waals surface area contributed by atoms with Crippen LogP contribution in [0.1, 0.15) is 48.8 Å². The molecule has 98 valence electrons. The van der Waals surface area contributed by atoms with E-state index in [0.717, 1.165) is 23.1 Å². The predicted octanol–water partition coefficient (Wildman–Crippen LogP) is 2.68. The van der Waals surface area contributed by atoms with Crippen LogP contribution in [-0.2, 0) is 0 Å². The number of hydrogen-bond donors (Lipinski definition) is 0. The first-order valence-electron chi connectivity index (χ1n) is 7.25. The second-order valence-electron chi connectivity index (χ2n) is 6.05. The van der Waals surface area contributed by atoms with E-state index in [1.54, 1.807) is 0 Å². The number of rotatable bonds is 3. The highest BCUT2D eigenvalue weighted by atomic mass is 15.2. The Balaban J connectivity index is 1.63. The average molecular weight is 245 g/mol. The number of aryl methyl sites for hydroxylation is 2. The molecule has 2 fully saturated rings. The van der Waals surface area contributed by atoms with Crippen molar-refractivity contribution in [2.75, 3.05) is 19.6 Å². The molecule has 1 aliphatic carbocycles. The standard InChI is InChI=1S/C15H23N3/c1-11-8-12(2)17-15(16-11)14-6-7-18(10-14)9-13-4-3-5-13/h8,13-14H,3-7,9-10H2,1-2H3/t14-/m1/s1. The minimum Gasteiger partial charge on any atom is -0.302 e. The minimum absolute atomic E-state index is 0.559. The molecule has 1 aromatic heterocycles. The lowest BCUT2D eigenvalue weighted by Crippen LogP contribution is -2.30. The third-order valence-corrected chi connectivity index (χ3v) is 4.38. The van der Waals surface area contributed by atoms with E-state index < -0.39 is 0 Å². The molecular weight excluding hydrogens is 222 g/mol. The molecule has 0 radical (unpaired) electrons. The van der Waals surface area contributed by atoms with Crippen molar-refractivity contribution < 1.29 is 0 Å². The molecule has 1 aliphatic heterocycles. The van der Waals surface area contributed by atoms with E-state index in [2.05, 4.69) is 34.8 Å². The summed E-state index contributed by atoms with van der Waals surface area (Å²) in [5.74, 6) is 2.61. The molecule has 0 spiro atoms. The predicted molar refractivity (Wildman–Crippen MR) is 72.6 cm³/mol. The third-order valence-electron chi connectivity index (χ3n) is 4.38. The van der Waals surface area contributed by atoms with Gasteiger partial charge in [-0.3, -0.25) is 0 Å². The molecule has 3 nitrogen and oxygen atoms in total. The maximum atomic E-state index is 4.63. The second kappa shape index (κ2) is 4.96. The van der Waals surface area contributed by atoms with E-state index in [4.69, 9.17) is 0 Å². The molecule has 0 amide bonds. The van der Waals surface area contributed by atoms with Gasteiger partial charge in [0.15, 0.2) is 0 Å². The van der Waals surface area contributed by atoms with Crippen molar-refractivity contribution in [1.82, 2.24) is 14.9 Å². The summed E-state index contributed by atoms with van der Waals surface area (Å²) in [6, 6.07) is 2.06. The van der Waals surface area contributed by atoms with Crippen molar-refractivity contribution in [3.63, 3.8) is 0 Å². The van der Waals surface area contributed by atoms with Gasteiger partial charge in [0, 0.05) is 30.4 Å². The molecular formula is C15H23N3. The summed E-state index contributed by atoms with van der Waals surface area (Å²) >= 11 is 0. The monoisotopic (exact) mass is 245 g/mol. The molecule has 3 heteroatoms. The van der Waals surface area contributed by atoms with Gasteiger partial charge in [0.2, 0.25) is 0 Å². The van der Waals surface area contributed by atoms with E-state index in [0.29, 0.717) is 5.92 Å². The Hall–Kier alpha value is -0.960. The molecule has 1 atom stereocenters. The van der Waals surface area contributed by atoms with Gasteiger partial charge in [-0.15, -0.1) is 0 Å². The second-order valence-corrected chi connectivity index (χ2v) is 6.05. The van der Waals surface area contributed by atoms with E-state index in [9.17, 15) is 0 Å². The van der Waals surface area contributed by atoms with Gasteiger partial charge in [-0.25, -0.2) is 9.97 Å². The Kier molecular flexibility index (Phi) is 3.33. The Morgan fingerprint density at radius 1 is 1.17 bits per heavy atom. The van der Waals surface area contributed by atoms with Crippen LogP contribution in [0.25, 0.3) is 0 Å². The molecule has 18 heavy (non-hydrogen) atoms. The van der Waals surface area contributed by atoms with Crippen molar-refractivity contribution in [1.29, 1.82) is 0 Å². The van der Waals surface area contributed by atoms with E-state index >= 15 is 0 Å². The molecule has 3 rings (SSSR count). The van der Waals surface area contributed by atoms with E-state index in [-0.39, 0.29) is 0 Å². The fourth-order valence-corrected chi connectivity index (χ4v) is 3.19. The molecule has 1 saturated heterocycles. The van der Waals surface area contributed by atoms with Gasteiger partial charge in [0.05, 0.1) is 0 Å². The summed E-state index contributed by atoms with van der Waals surface area (Å²) < 4.78 is 0. The Morgan fingerprint density at radius 2 is 1.89 bits per heavy atom. The van der Waals surface area contributed by atoms with Gasteiger partial charge in [0.25, 0.3) is 0 Å². The quantitative estimate of drug-likeness (QED) is 0.820. The summed E-state index contributed by atoms with van der Waals surface area (Å²) in [5.41, 5.74) is 2.21. The highest BCUT2D eigenvalue weighted by molar-refractivity contribution is 5.12. The van der Waals surface area contributed by atoms with Crippen molar-refractivity contribution in [2.24, 2.45) is 5.92 Å². The first kappa shape index (κ1) is 12.1. The van der Waals surface area contributed by atoms with Gasteiger partial charge >= 0.3 is 0 Å². The van der Waals surface area contributed by atoms with Gasteiger partial charge in [-0.1, -0.05) is 6.42 Å². The SMILES string of the molecule is Cc1cc(C)nc([C@@H]2CCN(CC3CCC3)C2)n1. The van der Waals surface area contributed by atoms with Crippen molar-refractivity contribution >= 4 is 0 Å². The minimum atomic E-state index is 0.559. The zero-order chi connectivity index (χ0) is 12.5. The Morgan fingerprint density at radius 3 is 2.50 bits per heavy atom. The topological polar surface area (TPSA) is 29.0 Å². The third kappa shape index (κ3) is 2.56. The zero-order valence-electron chi connectivity index (χ0n) is 11.5. The lowest BCUT2D eigenvalue weighted by Gasteiger charge is -2.29. The van der Waals surface area contributed by atoms with Crippen molar-refractivity contribution in [3.05, 3.63) is 23.3 Å². The molecule has 2 aliphatic rings. The first-order valence-corrected chi connectivity index (χ1v) is 7.25. The van der Waals surface area contributed by atoms with Crippen molar-refractivity contribution in [2.45, 2.75) is 45.4 Å². The summed E-state index contributed by atoms with van der Waals surface area (Å²) in [7, 11) is 0. The fourth-order valence-electron chi connectivity index (χ4n) is 3.19. The van der Waals surface area contributed by atoms with Crippen LogP contribution in [0.3, 0.4) is 0 Å². The van der Waals surface area contributed by atoms with Gasteiger partial charge < -0.3 is 4.90 Å². The molecule has 0 N–H and O–H groups in total. The van der Waals surface area contributed by atoms with Crippen LogP contribution in [0.4, 0.5) is 0 Å². The summed E-state index contributed by atoms with van der Waals surface area (Å²) in [6.45, 7) is 7.84. The van der Waals surface area contributed by atoms with Crippen LogP contribution in [0, 0.1) is 19.8 Å². The van der Waals surface area contributed by atoms with Crippen LogP contribution in [-0.4, -0.2) is 34.5 Å². The molecule has 0 bridgehead atoms. The average Bonchev–Trinajstić information content (AvgIpc) is 2.70. The number of nitrogens with zero attached hydrogens (tertiary/aromatic N) is 3. The van der Waals surface area contributed by atoms with Crippen molar-refractivity contribution in [3.8, 4) is 0 Å². The van der Waals surface area contributed by atoms with Crippen LogP contribution < -0.4 is 0 Å². The van der Waals surface area contributed by atoms with Gasteiger partial charge in [0.1, 0.15) is 5.82 Å². The van der Waals surface area contributed by atoms with Gasteiger partial charge in [-0.05, 0) is 51.6 Å². The summed E-state index contributed by atoms with van der Waals surface area (Å²) in [6.07, 6.45) is 5.57. The number of hydrogen-bond acceptors (Lipinski definition) is 3. The molecule has 0 unspecified atom stereocenters. The number of aromatic nitrogens is 2. The van der Waals surface area contributed by atoms with E-state index in [1.807, 2.05) is 0 Å².